The monoisotopic (exact) mass is 339 g/mol. The van der Waals surface area contributed by atoms with Crippen LogP contribution in [0, 0.1) is 20.8 Å². The van der Waals surface area contributed by atoms with Gasteiger partial charge in [-0.2, -0.15) is 0 Å². The highest BCUT2D eigenvalue weighted by molar-refractivity contribution is 5.68. The normalized spacial score (nSPS) is 10.9. The van der Waals surface area contributed by atoms with Gasteiger partial charge in [0.05, 0.1) is 0 Å². The highest BCUT2D eigenvalue weighted by atomic mass is 15.3. The summed E-state index contributed by atoms with van der Waals surface area (Å²) in [6.07, 6.45) is 0. The number of nitrogens with zero attached hydrogens (tertiary/aromatic N) is 3. The second-order valence-electron chi connectivity index (χ2n) is 6.71. The molecule has 3 nitrogen and oxygen atoms in total. The third-order valence-electron chi connectivity index (χ3n) is 4.55. The lowest BCUT2D eigenvalue weighted by atomic mass is 10.1. The van der Waals surface area contributed by atoms with Gasteiger partial charge in [-0.3, -0.25) is 4.57 Å². The minimum absolute atomic E-state index is 0.855. The van der Waals surface area contributed by atoms with Crippen LogP contribution in [-0.4, -0.2) is 14.8 Å². The zero-order chi connectivity index (χ0) is 18.1. The van der Waals surface area contributed by atoms with Crippen LogP contribution in [0.25, 0.3) is 28.5 Å². The van der Waals surface area contributed by atoms with Crippen molar-refractivity contribution in [2.24, 2.45) is 0 Å². The van der Waals surface area contributed by atoms with Crippen LogP contribution >= 0.6 is 0 Å². The van der Waals surface area contributed by atoms with Gasteiger partial charge >= 0.3 is 0 Å². The standard InChI is InChI=1S/C23H21N3/c1-16-13-17(2)15-20(14-16)26-22(19-10-5-4-6-11-19)24-25-23(26)21-12-8-7-9-18(21)3/h4-15H,1-3H3. The lowest BCUT2D eigenvalue weighted by Crippen LogP contribution is -2.02. The Morgan fingerprint density at radius 3 is 1.96 bits per heavy atom. The smallest absolute Gasteiger partial charge is 0.169 e. The highest BCUT2D eigenvalue weighted by Gasteiger charge is 2.18. The summed E-state index contributed by atoms with van der Waals surface area (Å²) in [7, 11) is 0. The first-order valence-corrected chi connectivity index (χ1v) is 8.79. The molecule has 0 unspecified atom stereocenters. The largest absolute Gasteiger partial charge is 0.275 e. The Labute approximate surface area is 154 Å². The molecular weight excluding hydrogens is 318 g/mol. The molecule has 26 heavy (non-hydrogen) atoms. The fourth-order valence-electron chi connectivity index (χ4n) is 3.38. The summed E-state index contributed by atoms with van der Waals surface area (Å²) in [4.78, 5) is 0. The van der Waals surface area contributed by atoms with Crippen LogP contribution in [0.15, 0.2) is 72.8 Å². The summed E-state index contributed by atoms with van der Waals surface area (Å²) < 4.78 is 2.16. The second-order valence-corrected chi connectivity index (χ2v) is 6.71. The average molecular weight is 339 g/mol. The average Bonchev–Trinajstić information content (AvgIpc) is 3.07. The van der Waals surface area contributed by atoms with Crippen LogP contribution < -0.4 is 0 Å². The second kappa shape index (κ2) is 6.60. The Morgan fingerprint density at radius 1 is 0.654 bits per heavy atom. The molecule has 0 saturated heterocycles. The van der Waals surface area contributed by atoms with Crippen LogP contribution in [0.3, 0.4) is 0 Å². The van der Waals surface area contributed by atoms with Crippen molar-refractivity contribution in [2.75, 3.05) is 0 Å². The summed E-state index contributed by atoms with van der Waals surface area (Å²) in [6, 6.07) is 25.1. The summed E-state index contributed by atoms with van der Waals surface area (Å²) in [5.41, 5.74) is 6.88. The van der Waals surface area contributed by atoms with Crippen molar-refractivity contribution in [2.45, 2.75) is 20.8 Å². The first-order chi connectivity index (χ1) is 12.6. The molecule has 0 radical (unpaired) electrons. The molecule has 0 aliphatic rings. The van der Waals surface area contributed by atoms with E-state index < -0.39 is 0 Å². The van der Waals surface area contributed by atoms with Crippen molar-refractivity contribution in [3.63, 3.8) is 0 Å². The van der Waals surface area contributed by atoms with Gasteiger partial charge in [-0.05, 0) is 49.6 Å². The number of hydrogen-bond acceptors (Lipinski definition) is 2. The van der Waals surface area contributed by atoms with Gasteiger partial charge in [0.15, 0.2) is 11.6 Å². The molecule has 0 N–H and O–H groups in total. The van der Waals surface area contributed by atoms with Gasteiger partial charge in [0.1, 0.15) is 0 Å². The Hall–Kier alpha value is -3.20. The van der Waals surface area contributed by atoms with E-state index in [1.165, 1.54) is 16.7 Å². The van der Waals surface area contributed by atoms with Crippen molar-refractivity contribution < 1.29 is 0 Å². The molecule has 3 aromatic carbocycles. The first-order valence-electron chi connectivity index (χ1n) is 8.79. The van der Waals surface area contributed by atoms with E-state index in [-0.39, 0.29) is 0 Å². The molecular formula is C23H21N3. The van der Waals surface area contributed by atoms with Gasteiger partial charge in [0.25, 0.3) is 0 Å². The predicted octanol–water partition coefficient (Wildman–Crippen LogP) is 5.53. The van der Waals surface area contributed by atoms with Crippen LogP contribution in [-0.2, 0) is 0 Å². The van der Waals surface area contributed by atoms with Gasteiger partial charge < -0.3 is 0 Å². The van der Waals surface area contributed by atoms with E-state index in [1.807, 2.05) is 24.3 Å². The topological polar surface area (TPSA) is 30.7 Å². The van der Waals surface area contributed by atoms with E-state index in [9.17, 15) is 0 Å². The van der Waals surface area contributed by atoms with E-state index in [1.54, 1.807) is 0 Å². The molecule has 1 heterocycles. The van der Waals surface area contributed by atoms with Crippen molar-refractivity contribution in [1.29, 1.82) is 0 Å². The molecule has 0 saturated carbocycles. The Balaban J connectivity index is 2.02. The van der Waals surface area contributed by atoms with Gasteiger partial charge in [0, 0.05) is 16.8 Å². The van der Waals surface area contributed by atoms with E-state index in [0.29, 0.717) is 0 Å². The fraction of sp³-hybridized carbons (Fsp3) is 0.130. The Kier molecular flexibility index (Phi) is 4.13. The molecule has 3 heteroatoms. The van der Waals surface area contributed by atoms with Crippen molar-refractivity contribution >= 4 is 0 Å². The molecule has 4 rings (SSSR count). The fourth-order valence-corrected chi connectivity index (χ4v) is 3.38. The van der Waals surface area contributed by atoms with Gasteiger partial charge in [-0.1, -0.05) is 60.7 Å². The Bertz CT molecular complexity index is 1040. The SMILES string of the molecule is Cc1cc(C)cc(-n2c(-c3ccccc3)nnc2-c2ccccc2C)c1. The first kappa shape index (κ1) is 16.3. The predicted molar refractivity (Wildman–Crippen MR) is 106 cm³/mol. The summed E-state index contributed by atoms with van der Waals surface area (Å²) in [6.45, 7) is 6.35. The van der Waals surface area contributed by atoms with Crippen molar-refractivity contribution in [1.82, 2.24) is 14.8 Å². The third-order valence-corrected chi connectivity index (χ3v) is 4.55. The zero-order valence-electron chi connectivity index (χ0n) is 15.3. The van der Waals surface area contributed by atoms with Gasteiger partial charge in [0.2, 0.25) is 0 Å². The van der Waals surface area contributed by atoms with Gasteiger partial charge in [-0.25, -0.2) is 0 Å². The van der Waals surface area contributed by atoms with Gasteiger partial charge in [-0.15, -0.1) is 10.2 Å². The quantitative estimate of drug-likeness (QED) is 0.491. The van der Waals surface area contributed by atoms with E-state index in [4.69, 9.17) is 0 Å². The number of hydrogen-bond donors (Lipinski definition) is 0. The molecule has 0 aliphatic carbocycles. The zero-order valence-corrected chi connectivity index (χ0v) is 15.3. The summed E-state index contributed by atoms with van der Waals surface area (Å²) >= 11 is 0. The van der Waals surface area contributed by atoms with Crippen molar-refractivity contribution in [3.8, 4) is 28.5 Å². The Morgan fingerprint density at radius 2 is 1.27 bits per heavy atom. The molecule has 1 aromatic heterocycles. The molecule has 0 atom stereocenters. The number of rotatable bonds is 3. The summed E-state index contributed by atoms with van der Waals surface area (Å²) in [5, 5.41) is 9.12. The molecule has 0 bridgehead atoms. The molecule has 128 valence electrons. The maximum Gasteiger partial charge on any atom is 0.169 e. The third kappa shape index (κ3) is 2.92. The maximum atomic E-state index is 4.57. The minimum atomic E-state index is 0.855. The van der Waals surface area contributed by atoms with Crippen molar-refractivity contribution in [3.05, 3.63) is 89.5 Å². The van der Waals surface area contributed by atoms with E-state index >= 15 is 0 Å². The minimum Gasteiger partial charge on any atom is -0.275 e. The molecule has 4 aromatic rings. The molecule has 0 aliphatic heterocycles. The van der Waals surface area contributed by atoms with Crippen LogP contribution in [0.2, 0.25) is 0 Å². The van der Waals surface area contributed by atoms with Crippen LogP contribution in [0.1, 0.15) is 16.7 Å². The van der Waals surface area contributed by atoms with E-state index in [0.717, 1.165) is 28.5 Å². The van der Waals surface area contributed by atoms with E-state index in [2.05, 4.69) is 84.1 Å². The van der Waals surface area contributed by atoms with Crippen LogP contribution in [0.5, 0.6) is 0 Å². The number of aryl methyl sites for hydroxylation is 3. The molecule has 0 fully saturated rings. The van der Waals surface area contributed by atoms with Crippen LogP contribution in [0.4, 0.5) is 0 Å². The number of benzene rings is 3. The molecule has 0 amide bonds. The lowest BCUT2D eigenvalue weighted by molar-refractivity contribution is 1.06. The lowest BCUT2D eigenvalue weighted by Gasteiger charge is -2.13. The highest BCUT2D eigenvalue weighted by Crippen LogP contribution is 2.30. The molecule has 0 spiro atoms. The summed E-state index contributed by atoms with van der Waals surface area (Å²) in [5.74, 6) is 1.72. The number of aromatic nitrogens is 3. The maximum absolute atomic E-state index is 4.57.